The Labute approximate surface area is 154 Å². The Morgan fingerprint density at radius 2 is 1.65 bits per heavy atom. The van der Waals surface area contributed by atoms with Gasteiger partial charge in [0.05, 0.1) is 0 Å². The molecule has 0 saturated heterocycles. The highest BCUT2D eigenvalue weighted by Crippen LogP contribution is 2.21. The molecule has 1 amide bonds. The van der Waals surface area contributed by atoms with Gasteiger partial charge in [0.15, 0.2) is 13.2 Å². The third-order valence-corrected chi connectivity index (χ3v) is 3.63. The van der Waals surface area contributed by atoms with Crippen molar-refractivity contribution in [1.82, 2.24) is 5.32 Å². The van der Waals surface area contributed by atoms with E-state index in [1.165, 1.54) is 0 Å². The topological polar surface area (TPSA) is 64.6 Å². The van der Waals surface area contributed by atoms with E-state index in [9.17, 15) is 9.59 Å². The van der Waals surface area contributed by atoms with Crippen molar-refractivity contribution in [2.45, 2.75) is 20.3 Å². The van der Waals surface area contributed by atoms with E-state index in [2.05, 4.69) is 5.32 Å². The SMILES string of the molecule is CC(C)CNC(=O)COC(=O)COc1ccccc1Cc1ccccc1. The van der Waals surface area contributed by atoms with Crippen LogP contribution >= 0.6 is 0 Å². The second kappa shape index (κ2) is 10.2. The molecule has 2 aromatic rings. The van der Waals surface area contributed by atoms with Crippen molar-refractivity contribution in [1.29, 1.82) is 0 Å². The Morgan fingerprint density at radius 3 is 2.38 bits per heavy atom. The summed E-state index contributed by atoms with van der Waals surface area (Å²) in [6, 6.07) is 17.6. The molecule has 2 rings (SSSR count). The van der Waals surface area contributed by atoms with Crippen LogP contribution in [0.25, 0.3) is 0 Å². The van der Waals surface area contributed by atoms with Crippen LogP contribution in [0.2, 0.25) is 0 Å². The highest BCUT2D eigenvalue weighted by atomic mass is 16.6. The molecule has 26 heavy (non-hydrogen) atoms. The number of ether oxygens (including phenoxy) is 2. The average Bonchev–Trinajstić information content (AvgIpc) is 2.64. The lowest BCUT2D eigenvalue weighted by molar-refractivity contribution is -0.150. The molecule has 0 aliphatic carbocycles. The number of rotatable bonds is 9. The highest BCUT2D eigenvalue weighted by molar-refractivity contribution is 5.80. The maximum Gasteiger partial charge on any atom is 0.344 e. The molecule has 0 fully saturated rings. The fourth-order valence-electron chi connectivity index (χ4n) is 2.30. The van der Waals surface area contributed by atoms with Crippen molar-refractivity contribution in [2.75, 3.05) is 19.8 Å². The van der Waals surface area contributed by atoms with Crippen molar-refractivity contribution >= 4 is 11.9 Å². The van der Waals surface area contributed by atoms with Crippen LogP contribution in [0.5, 0.6) is 5.75 Å². The van der Waals surface area contributed by atoms with Gasteiger partial charge in [-0.05, 0) is 23.1 Å². The van der Waals surface area contributed by atoms with Crippen LogP contribution in [0.3, 0.4) is 0 Å². The third kappa shape index (κ3) is 6.97. The molecular weight excluding hydrogens is 330 g/mol. The number of carbonyl (C=O) groups excluding carboxylic acids is 2. The van der Waals surface area contributed by atoms with Gasteiger partial charge in [0, 0.05) is 13.0 Å². The quantitative estimate of drug-likeness (QED) is 0.703. The largest absolute Gasteiger partial charge is 0.482 e. The molecule has 0 aliphatic heterocycles. The van der Waals surface area contributed by atoms with Crippen LogP contribution in [0.1, 0.15) is 25.0 Å². The van der Waals surface area contributed by atoms with Crippen LogP contribution < -0.4 is 10.1 Å². The molecule has 0 atom stereocenters. The number of benzene rings is 2. The fraction of sp³-hybridized carbons (Fsp3) is 0.333. The molecule has 138 valence electrons. The monoisotopic (exact) mass is 355 g/mol. The molecule has 1 N–H and O–H groups in total. The van der Waals surface area contributed by atoms with E-state index in [1.807, 2.05) is 68.4 Å². The van der Waals surface area contributed by atoms with Gasteiger partial charge >= 0.3 is 5.97 Å². The lowest BCUT2D eigenvalue weighted by Gasteiger charge is -2.12. The summed E-state index contributed by atoms with van der Waals surface area (Å²) in [4.78, 5) is 23.4. The number of esters is 1. The molecule has 0 bridgehead atoms. The summed E-state index contributed by atoms with van der Waals surface area (Å²) in [6.07, 6.45) is 0.712. The number of para-hydroxylation sites is 1. The van der Waals surface area contributed by atoms with Gasteiger partial charge in [0.25, 0.3) is 5.91 Å². The van der Waals surface area contributed by atoms with E-state index in [4.69, 9.17) is 9.47 Å². The zero-order valence-corrected chi connectivity index (χ0v) is 15.2. The van der Waals surface area contributed by atoms with Gasteiger partial charge in [0.2, 0.25) is 0 Å². The minimum atomic E-state index is -0.570. The zero-order chi connectivity index (χ0) is 18.8. The van der Waals surface area contributed by atoms with E-state index in [0.29, 0.717) is 24.6 Å². The van der Waals surface area contributed by atoms with Gasteiger partial charge in [-0.25, -0.2) is 4.79 Å². The van der Waals surface area contributed by atoms with Crippen molar-refractivity contribution in [3.8, 4) is 5.75 Å². The van der Waals surface area contributed by atoms with E-state index in [1.54, 1.807) is 0 Å². The van der Waals surface area contributed by atoms with Crippen molar-refractivity contribution in [3.05, 3.63) is 65.7 Å². The van der Waals surface area contributed by atoms with Gasteiger partial charge in [-0.15, -0.1) is 0 Å². The van der Waals surface area contributed by atoms with Gasteiger partial charge in [0.1, 0.15) is 5.75 Å². The first-order valence-corrected chi connectivity index (χ1v) is 8.71. The predicted octanol–water partition coefficient (Wildman–Crippen LogP) is 2.97. The van der Waals surface area contributed by atoms with Gasteiger partial charge in [-0.2, -0.15) is 0 Å². The minimum Gasteiger partial charge on any atom is -0.482 e. The first-order chi connectivity index (χ1) is 12.5. The zero-order valence-electron chi connectivity index (χ0n) is 15.2. The number of hydrogen-bond acceptors (Lipinski definition) is 4. The highest BCUT2D eigenvalue weighted by Gasteiger charge is 2.10. The molecule has 0 heterocycles. The van der Waals surface area contributed by atoms with Crippen molar-refractivity contribution in [3.63, 3.8) is 0 Å². The summed E-state index contributed by atoms with van der Waals surface area (Å²) in [5.74, 6) is 0.104. The summed E-state index contributed by atoms with van der Waals surface area (Å²) in [6.45, 7) is 4.02. The summed E-state index contributed by atoms with van der Waals surface area (Å²) in [7, 11) is 0. The van der Waals surface area contributed by atoms with Gasteiger partial charge in [-0.1, -0.05) is 62.4 Å². The van der Waals surface area contributed by atoms with E-state index >= 15 is 0 Å². The lowest BCUT2D eigenvalue weighted by atomic mass is 10.0. The smallest absolute Gasteiger partial charge is 0.344 e. The Balaban J connectivity index is 1.82. The summed E-state index contributed by atoms with van der Waals surface area (Å²) >= 11 is 0. The van der Waals surface area contributed by atoms with E-state index < -0.39 is 5.97 Å². The molecular formula is C21H25NO4. The maximum absolute atomic E-state index is 11.8. The molecule has 5 heteroatoms. The average molecular weight is 355 g/mol. The number of amides is 1. The second-order valence-electron chi connectivity index (χ2n) is 6.42. The Morgan fingerprint density at radius 1 is 0.962 bits per heavy atom. The van der Waals surface area contributed by atoms with E-state index in [-0.39, 0.29) is 19.1 Å². The van der Waals surface area contributed by atoms with Crippen molar-refractivity contribution < 1.29 is 19.1 Å². The van der Waals surface area contributed by atoms with Crippen LogP contribution in [0, 0.1) is 5.92 Å². The first-order valence-electron chi connectivity index (χ1n) is 8.71. The molecule has 0 aromatic heterocycles. The molecule has 0 spiro atoms. The first kappa shape index (κ1) is 19.5. The molecule has 2 aromatic carbocycles. The molecule has 5 nitrogen and oxygen atoms in total. The van der Waals surface area contributed by atoms with Gasteiger partial charge < -0.3 is 14.8 Å². The molecule has 0 unspecified atom stereocenters. The van der Waals surface area contributed by atoms with Crippen LogP contribution in [0.15, 0.2) is 54.6 Å². The van der Waals surface area contributed by atoms with Crippen molar-refractivity contribution in [2.24, 2.45) is 5.92 Å². The van der Waals surface area contributed by atoms with Gasteiger partial charge in [-0.3, -0.25) is 4.79 Å². The maximum atomic E-state index is 11.8. The van der Waals surface area contributed by atoms with Crippen LogP contribution in [-0.2, 0) is 20.7 Å². The standard InChI is InChI=1S/C21H25NO4/c1-16(2)13-22-20(23)14-26-21(24)15-25-19-11-7-6-10-18(19)12-17-8-4-3-5-9-17/h3-11,16H,12-15H2,1-2H3,(H,22,23). The Hall–Kier alpha value is -2.82. The van der Waals surface area contributed by atoms with Crippen LogP contribution in [0.4, 0.5) is 0 Å². The third-order valence-electron chi connectivity index (χ3n) is 3.63. The Bertz CT molecular complexity index is 713. The molecule has 0 aliphatic rings. The van der Waals surface area contributed by atoms with Crippen LogP contribution in [-0.4, -0.2) is 31.6 Å². The molecule has 0 radical (unpaired) electrons. The number of carbonyl (C=O) groups is 2. The summed E-state index contributed by atoms with van der Waals surface area (Å²) in [5, 5.41) is 2.69. The minimum absolute atomic E-state index is 0.233. The summed E-state index contributed by atoms with van der Waals surface area (Å²) < 4.78 is 10.5. The predicted molar refractivity (Wildman–Crippen MR) is 100.0 cm³/mol. The lowest BCUT2D eigenvalue weighted by Crippen LogP contribution is -2.32. The normalized spacial score (nSPS) is 10.4. The number of hydrogen-bond donors (Lipinski definition) is 1. The molecule has 0 saturated carbocycles. The second-order valence-corrected chi connectivity index (χ2v) is 6.42. The summed E-state index contributed by atoms with van der Waals surface area (Å²) in [5.41, 5.74) is 2.15. The fourth-order valence-corrected chi connectivity index (χ4v) is 2.30. The van der Waals surface area contributed by atoms with E-state index in [0.717, 1.165) is 11.1 Å². The Kier molecular flexibility index (Phi) is 7.68. The number of nitrogens with one attached hydrogen (secondary N) is 1.